The average Bonchev–Trinajstić information content (AvgIpc) is 2.97. The van der Waals surface area contributed by atoms with E-state index in [-0.39, 0.29) is 5.89 Å². The third-order valence-electron chi connectivity index (χ3n) is 2.98. The molecule has 0 aliphatic heterocycles. The van der Waals surface area contributed by atoms with E-state index in [4.69, 9.17) is 4.42 Å². The van der Waals surface area contributed by atoms with Crippen LogP contribution in [0, 0.1) is 0 Å². The largest absolute Gasteiger partial charge is 0.416 e. The lowest BCUT2D eigenvalue weighted by Crippen LogP contribution is -2.03. The van der Waals surface area contributed by atoms with Crippen LogP contribution in [-0.2, 0) is 6.18 Å². The van der Waals surface area contributed by atoms with Gasteiger partial charge in [0.05, 0.1) is 5.56 Å². The molecule has 0 N–H and O–H groups in total. The molecule has 1 aromatic heterocycles. The van der Waals surface area contributed by atoms with Gasteiger partial charge in [-0.05, 0) is 48.5 Å². The third-order valence-corrected chi connectivity index (χ3v) is 3.50. The van der Waals surface area contributed by atoms with Crippen LogP contribution in [0.5, 0.6) is 0 Å². The van der Waals surface area contributed by atoms with E-state index in [1.54, 1.807) is 12.1 Å². The van der Waals surface area contributed by atoms with Crippen molar-refractivity contribution in [1.82, 2.24) is 10.2 Å². The lowest BCUT2D eigenvalue weighted by molar-refractivity contribution is -0.137. The highest BCUT2D eigenvalue weighted by Gasteiger charge is 2.30. The molecule has 22 heavy (non-hydrogen) atoms. The lowest BCUT2D eigenvalue weighted by Gasteiger charge is -2.05. The Hall–Kier alpha value is -2.15. The summed E-state index contributed by atoms with van der Waals surface area (Å²) in [7, 11) is 0. The van der Waals surface area contributed by atoms with Crippen molar-refractivity contribution in [1.29, 1.82) is 0 Å². The summed E-state index contributed by atoms with van der Waals surface area (Å²) in [6, 6.07) is 11.8. The monoisotopic (exact) mass is 368 g/mol. The summed E-state index contributed by atoms with van der Waals surface area (Å²) < 4.78 is 44.0. The molecule has 0 fully saturated rings. The Kier molecular flexibility index (Phi) is 3.74. The summed E-state index contributed by atoms with van der Waals surface area (Å²) in [5.74, 6) is 0.481. The van der Waals surface area contributed by atoms with E-state index in [0.717, 1.165) is 22.2 Å². The lowest BCUT2D eigenvalue weighted by atomic mass is 10.1. The molecule has 0 saturated heterocycles. The molecule has 2 aromatic carbocycles. The Labute approximate surface area is 131 Å². The van der Waals surface area contributed by atoms with Gasteiger partial charge in [-0.25, -0.2) is 0 Å². The Balaban J connectivity index is 1.89. The summed E-state index contributed by atoms with van der Waals surface area (Å²) in [6.07, 6.45) is -4.37. The quantitative estimate of drug-likeness (QED) is 0.625. The van der Waals surface area contributed by atoms with Gasteiger partial charge in [0.2, 0.25) is 11.8 Å². The van der Waals surface area contributed by atoms with Gasteiger partial charge in [0, 0.05) is 15.6 Å². The topological polar surface area (TPSA) is 38.9 Å². The van der Waals surface area contributed by atoms with Crippen molar-refractivity contribution in [2.45, 2.75) is 6.18 Å². The highest BCUT2D eigenvalue weighted by molar-refractivity contribution is 9.10. The van der Waals surface area contributed by atoms with Gasteiger partial charge in [0.25, 0.3) is 0 Å². The number of hydrogen-bond acceptors (Lipinski definition) is 3. The smallest absolute Gasteiger partial charge is 0.416 e. The summed E-state index contributed by atoms with van der Waals surface area (Å²) in [5.41, 5.74) is 0.446. The molecule has 3 nitrogen and oxygen atoms in total. The van der Waals surface area contributed by atoms with E-state index in [0.29, 0.717) is 11.5 Å². The van der Waals surface area contributed by atoms with Gasteiger partial charge in [-0.15, -0.1) is 10.2 Å². The molecule has 112 valence electrons. The van der Waals surface area contributed by atoms with Crippen LogP contribution in [0.4, 0.5) is 13.2 Å². The van der Waals surface area contributed by atoms with Crippen molar-refractivity contribution in [3.05, 3.63) is 58.6 Å². The minimum absolute atomic E-state index is 0.173. The Bertz CT molecular complexity index is 780. The van der Waals surface area contributed by atoms with Gasteiger partial charge >= 0.3 is 6.18 Å². The Morgan fingerprint density at radius 2 is 1.23 bits per heavy atom. The molecule has 0 amide bonds. The predicted molar refractivity (Wildman–Crippen MR) is 77.9 cm³/mol. The zero-order chi connectivity index (χ0) is 15.7. The molecule has 0 atom stereocenters. The molecule has 3 aromatic rings. The first-order valence-electron chi connectivity index (χ1n) is 6.20. The van der Waals surface area contributed by atoms with Gasteiger partial charge in [-0.2, -0.15) is 13.2 Å². The molecule has 7 heteroatoms. The summed E-state index contributed by atoms with van der Waals surface area (Å²) in [4.78, 5) is 0. The Morgan fingerprint density at radius 3 is 1.68 bits per heavy atom. The predicted octanol–water partition coefficient (Wildman–Crippen LogP) is 5.18. The number of benzene rings is 2. The van der Waals surface area contributed by atoms with E-state index in [9.17, 15) is 13.2 Å². The van der Waals surface area contributed by atoms with Crippen LogP contribution in [0.1, 0.15) is 5.56 Å². The third kappa shape index (κ3) is 3.04. The molecule has 0 saturated carbocycles. The maximum atomic E-state index is 12.5. The van der Waals surface area contributed by atoms with Gasteiger partial charge in [-0.1, -0.05) is 15.9 Å². The number of alkyl halides is 3. The van der Waals surface area contributed by atoms with Gasteiger partial charge < -0.3 is 4.42 Å². The zero-order valence-electron chi connectivity index (χ0n) is 10.9. The molecule has 0 radical (unpaired) electrons. The van der Waals surface area contributed by atoms with Crippen LogP contribution >= 0.6 is 15.9 Å². The van der Waals surface area contributed by atoms with E-state index < -0.39 is 11.7 Å². The normalized spacial score (nSPS) is 11.6. The fraction of sp³-hybridized carbons (Fsp3) is 0.0667. The van der Waals surface area contributed by atoms with E-state index in [1.807, 2.05) is 12.1 Å². The van der Waals surface area contributed by atoms with E-state index in [2.05, 4.69) is 26.1 Å². The fourth-order valence-electron chi connectivity index (χ4n) is 1.85. The first kappa shape index (κ1) is 14.8. The number of nitrogens with zero attached hydrogens (tertiary/aromatic N) is 2. The molecule has 0 aliphatic rings. The fourth-order valence-corrected chi connectivity index (χ4v) is 2.12. The second-order valence-electron chi connectivity index (χ2n) is 4.49. The van der Waals surface area contributed by atoms with Crippen LogP contribution in [0.15, 0.2) is 57.4 Å². The van der Waals surface area contributed by atoms with Crippen molar-refractivity contribution in [2.24, 2.45) is 0 Å². The molecular formula is C15H8BrF3N2O. The highest BCUT2D eigenvalue weighted by Crippen LogP contribution is 2.31. The molecular weight excluding hydrogens is 361 g/mol. The first-order chi connectivity index (χ1) is 10.4. The molecule has 0 aliphatic carbocycles. The summed E-state index contributed by atoms with van der Waals surface area (Å²) in [6.45, 7) is 0. The van der Waals surface area contributed by atoms with E-state index in [1.165, 1.54) is 12.1 Å². The van der Waals surface area contributed by atoms with Crippen LogP contribution in [0.25, 0.3) is 22.9 Å². The van der Waals surface area contributed by atoms with Crippen LogP contribution in [-0.4, -0.2) is 10.2 Å². The summed E-state index contributed by atoms with van der Waals surface area (Å²) in [5, 5.41) is 7.78. The standard InChI is InChI=1S/C15H8BrF3N2O/c16-12-7-3-10(4-8-12)14-21-20-13(22-14)9-1-5-11(6-2-9)15(17,18)19/h1-8H. The minimum Gasteiger partial charge on any atom is -0.416 e. The van der Waals surface area contributed by atoms with Crippen molar-refractivity contribution in [3.63, 3.8) is 0 Å². The van der Waals surface area contributed by atoms with Crippen molar-refractivity contribution >= 4 is 15.9 Å². The van der Waals surface area contributed by atoms with Crippen LogP contribution < -0.4 is 0 Å². The molecule has 1 heterocycles. The first-order valence-corrected chi connectivity index (χ1v) is 7.00. The second-order valence-corrected chi connectivity index (χ2v) is 5.41. The molecule has 0 unspecified atom stereocenters. The van der Waals surface area contributed by atoms with Crippen molar-refractivity contribution in [3.8, 4) is 22.9 Å². The second kappa shape index (κ2) is 5.57. The van der Waals surface area contributed by atoms with Gasteiger partial charge in [0.15, 0.2) is 0 Å². The minimum atomic E-state index is -4.37. The number of rotatable bonds is 2. The molecule has 3 rings (SSSR count). The van der Waals surface area contributed by atoms with Crippen LogP contribution in [0.2, 0.25) is 0 Å². The Morgan fingerprint density at radius 1 is 0.773 bits per heavy atom. The summed E-state index contributed by atoms with van der Waals surface area (Å²) >= 11 is 3.32. The molecule has 0 bridgehead atoms. The zero-order valence-corrected chi connectivity index (χ0v) is 12.5. The highest BCUT2D eigenvalue weighted by atomic mass is 79.9. The van der Waals surface area contributed by atoms with Crippen molar-refractivity contribution < 1.29 is 17.6 Å². The number of hydrogen-bond donors (Lipinski definition) is 0. The van der Waals surface area contributed by atoms with Crippen LogP contribution in [0.3, 0.4) is 0 Å². The number of aromatic nitrogens is 2. The van der Waals surface area contributed by atoms with Gasteiger partial charge in [-0.3, -0.25) is 0 Å². The maximum Gasteiger partial charge on any atom is 0.416 e. The number of halogens is 4. The maximum absolute atomic E-state index is 12.5. The average molecular weight is 369 g/mol. The van der Waals surface area contributed by atoms with Crippen molar-refractivity contribution in [2.75, 3.05) is 0 Å². The molecule has 0 spiro atoms. The SMILES string of the molecule is FC(F)(F)c1ccc(-c2nnc(-c3ccc(Br)cc3)o2)cc1. The van der Waals surface area contributed by atoms with E-state index >= 15 is 0 Å². The van der Waals surface area contributed by atoms with Gasteiger partial charge in [0.1, 0.15) is 0 Å².